The molecular formula is C20H22N4O2S. The van der Waals surface area contributed by atoms with Gasteiger partial charge in [0, 0.05) is 22.5 Å². The minimum absolute atomic E-state index is 0.163. The SMILES string of the molecule is CC(C)(C)c1cc(NC(=O)c2csc(Nc3ccc4c(c3)CCC4)n2)no1. The van der Waals surface area contributed by atoms with Crippen LogP contribution >= 0.6 is 11.3 Å². The van der Waals surface area contributed by atoms with Gasteiger partial charge in [-0.2, -0.15) is 0 Å². The van der Waals surface area contributed by atoms with Crippen LogP contribution in [0.15, 0.2) is 34.2 Å². The van der Waals surface area contributed by atoms with Gasteiger partial charge in [0.25, 0.3) is 5.91 Å². The molecule has 0 bridgehead atoms. The summed E-state index contributed by atoms with van der Waals surface area (Å²) in [5.41, 5.74) is 4.02. The molecule has 0 saturated carbocycles. The van der Waals surface area contributed by atoms with Crippen molar-refractivity contribution in [2.24, 2.45) is 0 Å². The van der Waals surface area contributed by atoms with Crippen molar-refractivity contribution in [1.82, 2.24) is 10.1 Å². The number of thiazole rings is 1. The second-order valence-corrected chi connectivity index (χ2v) is 8.64. The molecule has 1 amide bonds. The molecule has 1 aliphatic rings. The molecule has 2 aromatic heterocycles. The monoisotopic (exact) mass is 382 g/mol. The first-order valence-electron chi connectivity index (χ1n) is 9.01. The Morgan fingerprint density at radius 3 is 2.78 bits per heavy atom. The smallest absolute Gasteiger partial charge is 0.276 e. The first kappa shape index (κ1) is 17.7. The van der Waals surface area contributed by atoms with Gasteiger partial charge in [-0.05, 0) is 42.5 Å². The summed E-state index contributed by atoms with van der Waals surface area (Å²) in [5, 5.41) is 12.4. The van der Waals surface area contributed by atoms with Crippen LogP contribution in [0.2, 0.25) is 0 Å². The second kappa shape index (κ2) is 6.81. The Labute approximate surface area is 162 Å². The van der Waals surface area contributed by atoms with Gasteiger partial charge in [0.15, 0.2) is 10.9 Å². The molecule has 2 heterocycles. The minimum Gasteiger partial charge on any atom is -0.359 e. The van der Waals surface area contributed by atoms with Crippen molar-refractivity contribution in [3.05, 3.63) is 52.2 Å². The molecule has 0 unspecified atom stereocenters. The minimum atomic E-state index is -0.304. The van der Waals surface area contributed by atoms with E-state index in [1.165, 1.54) is 28.9 Å². The summed E-state index contributed by atoms with van der Waals surface area (Å²) in [6, 6.07) is 8.15. The number of amides is 1. The average Bonchev–Trinajstić information content (AvgIpc) is 3.33. The van der Waals surface area contributed by atoms with E-state index < -0.39 is 0 Å². The molecule has 0 saturated heterocycles. The quantitative estimate of drug-likeness (QED) is 0.670. The molecule has 0 aliphatic heterocycles. The number of anilines is 3. The zero-order chi connectivity index (χ0) is 19.0. The summed E-state index contributed by atoms with van der Waals surface area (Å²) < 4.78 is 5.29. The van der Waals surface area contributed by atoms with E-state index in [4.69, 9.17) is 4.52 Å². The van der Waals surface area contributed by atoms with Gasteiger partial charge >= 0.3 is 0 Å². The number of hydrogen-bond acceptors (Lipinski definition) is 6. The van der Waals surface area contributed by atoms with E-state index in [9.17, 15) is 4.79 Å². The number of rotatable bonds is 4. The second-order valence-electron chi connectivity index (χ2n) is 7.78. The number of carbonyl (C=O) groups is 1. The number of aryl methyl sites for hydroxylation is 2. The Morgan fingerprint density at radius 1 is 1.19 bits per heavy atom. The van der Waals surface area contributed by atoms with Gasteiger partial charge in [-0.25, -0.2) is 4.98 Å². The summed E-state index contributed by atoms with van der Waals surface area (Å²) in [5.74, 6) is 0.808. The number of fused-ring (bicyclic) bond motifs is 1. The van der Waals surface area contributed by atoms with Gasteiger partial charge in [0.1, 0.15) is 11.5 Å². The molecule has 3 aromatic rings. The summed E-state index contributed by atoms with van der Waals surface area (Å²) in [6.45, 7) is 6.07. The summed E-state index contributed by atoms with van der Waals surface area (Å²) >= 11 is 1.40. The molecule has 140 valence electrons. The molecular weight excluding hydrogens is 360 g/mol. The lowest BCUT2D eigenvalue weighted by Crippen LogP contribution is -2.13. The van der Waals surface area contributed by atoms with Gasteiger partial charge < -0.3 is 15.2 Å². The zero-order valence-electron chi connectivity index (χ0n) is 15.6. The fraction of sp³-hybridized carbons (Fsp3) is 0.350. The Hall–Kier alpha value is -2.67. The van der Waals surface area contributed by atoms with Crippen LogP contribution in [0.25, 0.3) is 0 Å². The highest BCUT2D eigenvalue weighted by atomic mass is 32.1. The highest BCUT2D eigenvalue weighted by Crippen LogP contribution is 2.28. The van der Waals surface area contributed by atoms with Crippen molar-refractivity contribution in [1.29, 1.82) is 0 Å². The van der Waals surface area contributed by atoms with Gasteiger partial charge in [-0.15, -0.1) is 11.3 Å². The number of nitrogens with zero attached hydrogens (tertiary/aromatic N) is 2. The maximum Gasteiger partial charge on any atom is 0.276 e. The van der Waals surface area contributed by atoms with Crippen LogP contribution < -0.4 is 10.6 Å². The lowest BCUT2D eigenvalue weighted by Gasteiger charge is -2.11. The molecule has 2 N–H and O–H groups in total. The van der Waals surface area contributed by atoms with E-state index in [1.807, 2.05) is 20.8 Å². The maximum absolute atomic E-state index is 12.4. The van der Waals surface area contributed by atoms with Crippen molar-refractivity contribution in [3.8, 4) is 0 Å². The Kier molecular flexibility index (Phi) is 4.47. The van der Waals surface area contributed by atoms with Crippen LogP contribution in [0.5, 0.6) is 0 Å². The van der Waals surface area contributed by atoms with E-state index in [-0.39, 0.29) is 11.3 Å². The van der Waals surface area contributed by atoms with E-state index >= 15 is 0 Å². The molecule has 1 aromatic carbocycles. The third-order valence-corrected chi connectivity index (χ3v) is 5.34. The number of nitrogens with one attached hydrogen (secondary N) is 2. The fourth-order valence-electron chi connectivity index (χ4n) is 3.08. The maximum atomic E-state index is 12.4. The topological polar surface area (TPSA) is 80.0 Å². The van der Waals surface area contributed by atoms with Crippen molar-refractivity contribution in [3.63, 3.8) is 0 Å². The van der Waals surface area contributed by atoms with Crippen LogP contribution in [-0.2, 0) is 18.3 Å². The lowest BCUT2D eigenvalue weighted by atomic mass is 9.93. The summed E-state index contributed by atoms with van der Waals surface area (Å²) in [6.07, 6.45) is 3.51. The Bertz CT molecular complexity index is 984. The number of aromatic nitrogens is 2. The summed E-state index contributed by atoms with van der Waals surface area (Å²) in [4.78, 5) is 16.8. The van der Waals surface area contributed by atoms with Crippen LogP contribution in [0.4, 0.5) is 16.6 Å². The predicted molar refractivity (Wildman–Crippen MR) is 107 cm³/mol. The molecule has 27 heavy (non-hydrogen) atoms. The highest BCUT2D eigenvalue weighted by molar-refractivity contribution is 7.14. The van der Waals surface area contributed by atoms with E-state index in [2.05, 4.69) is 39.0 Å². The Morgan fingerprint density at radius 2 is 2.00 bits per heavy atom. The van der Waals surface area contributed by atoms with Gasteiger partial charge in [-0.1, -0.05) is 32.0 Å². The zero-order valence-corrected chi connectivity index (χ0v) is 16.4. The van der Waals surface area contributed by atoms with E-state index in [1.54, 1.807) is 11.4 Å². The third-order valence-electron chi connectivity index (χ3n) is 4.58. The molecule has 0 spiro atoms. The van der Waals surface area contributed by atoms with Crippen LogP contribution in [0, 0.1) is 0 Å². The molecule has 6 nitrogen and oxygen atoms in total. The number of hydrogen-bond donors (Lipinski definition) is 2. The first-order valence-corrected chi connectivity index (χ1v) is 9.89. The van der Waals surface area contributed by atoms with Crippen LogP contribution in [0.3, 0.4) is 0 Å². The van der Waals surface area contributed by atoms with Crippen molar-refractivity contribution >= 4 is 33.9 Å². The van der Waals surface area contributed by atoms with Crippen LogP contribution in [-0.4, -0.2) is 16.0 Å². The molecule has 0 radical (unpaired) electrons. The van der Waals surface area contributed by atoms with Gasteiger partial charge in [0.05, 0.1) is 0 Å². The molecule has 4 rings (SSSR count). The fourth-order valence-corrected chi connectivity index (χ4v) is 3.79. The standard InChI is InChI=1S/C20H22N4O2S/c1-20(2,3)16-10-17(24-26-16)23-18(25)15-11-27-19(22-15)21-14-8-7-12-5-4-6-13(12)9-14/h7-11H,4-6H2,1-3H3,(H,21,22)(H,23,24,25). The van der Waals surface area contributed by atoms with Crippen LogP contribution in [0.1, 0.15) is 54.6 Å². The normalized spacial score (nSPS) is 13.4. The molecule has 7 heteroatoms. The van der Waals surface area contributed by atoms with E-state index in [0.29, 0.717) is 16.6 Å². The van der Waals surface area contributed by atoms with Crippen molar-refractivity contribution in [2.75, 3.05) is 10.6 Å². The third kappa shape index (κ3) is 3.88. The van der Waals surface area contributed by atoms with E-state index in [0.717, 1.165) is 24.3 Å². The first-order chi connectivity index (χ1) is 12.9. The van der Waals surface area contributed by atoms with Gasteiger partial charge in [0.2, 0.25) is 0 Å². The Balaban J connectivity index is 1.43. The van der Waals surface area contributed by atoms with Gasteiger partial charge in [-0.3, -0.25) is 4.79 Å². The number of carbonyl (C=O) groups excluding carboxylic acids is 1. The summed E-state index contributed by atoms with van der Waals surface area (Å²) in [7, 11) is 0. The molecule has 0 fully saturated rings. The number of benzene rings is 1. The lowest BCUT2D eigenvalue weighted by molar-refractivity contribution is 0.102. The average molecular weight is 382 g/mol. The largest absolute Gasteiger partial charge is 0.359 e. The molecule has 1 aliphatic carbocycles. The van der Waals surface area contributed by atoms with Crippen molar-refractivity contribution < 1.29 is 9.32 Å². The highest BCUT2D eigenvalue weighted by Gasteiger charge is 2.21. The predicted octanol–water partition coefficient (Wildman–Crippen LogP) is 4.91. The van der Waals surface area contributed by atoms with Crippen molar-refractivity contribution in [2.45, 2.75) is 45.4 Å². The molecule has 0 atom stereocenters.